The highest BCUT2D eigenvalue weighted by Crippen LogP contribution is 2.33. The lowest BCUT2D eigenvalue weighted by Crippen LogP contribution is -2.29. The Kier molecular flexibility index (Phi) is 5.30. The second-order valence-corrected chi connectivity index (χ2v) is 11.0. The molecular weight excluding hydrogens is 440 g/mol. The number of nitrogens with one attached hydrogen (secondary N) is 1. The van der Waals surface area contributed by atoms with Crippen LogP contribution in [0.5, 0.6) is 0 Å². The number of hydrogen-bond donors (Lipinski definition) is 1. The number of sulfone groups is 1. The average molecular weight is 466 g/mol. The maximum Gasteiger partial charge on any atom is 0.266 e. The highest BCUT2D eigenvalue weighted by Gasteiger charge is 2.40. The summed E-state index contributed by atoms with van der Waals surface area (Å²) < 4.78 is 52.1. The predicted octanol–water partition coefficient (Wildman–Crippen LogP) is 2.73. The minimum atomic E-state index is -3.44. The van der Waals surface area contributed by atoms with E-state index in [1.54, 1.807) is 18.2 Å². The standard InChI is InChI=1S/C20H25F2N7O2S/c1-19(2,3)25-18-23-16-15(17(24-18)28-10-9-20(21,22)12-28)26-29(27-16)11-13-7-5-6-8-14(13)32(4,30)31/h5-8H,9-12H2,1-4H3,(H,23,25,27). The van der Waals surface area contributed by atoms with Gasteiger partial charge in [0.25, 0.3) is 5.92 Å². The molecule has 4 rings (SSSR count). The number of fused-ring (bicyclic) bond motifs is 1. The normalized spacial score (nSPS) is 16.6. The van der Waals surface area contributed by atoms with Crippen molar-refractivity contribution in [2.45, 2.75) is 50.1 Å². The van der Waals surface area contributed by atoms with Gasteiger partial charge < -0.3 is 10.2 Å². The summed E-state index contributed by atoms with van der Waals surface area (Å²) in [5, 5.41) is 12.0. The van der Waals surface area contributed by atoms with E-state index < -0.39 is 22.3 Å². The van der Waals surface area contributed by atoms with Crippen LogP contribution in [0.3, 0.4) is 0 Å². The predicted molar refractivity (Wildman–Crippen MR) is 117 cm³/mol. The van der Waals surface area contributed by atoms with Crippen LogP contribution in [-0.2, 0) is 16.4 Å². The Labute approximate surface area is 184 Å². The monoisotopic (exact) mass is 465 g/mol. The number of aromatic nitrogens is 5. The van der Waals surface area contributed by atoms with Crippen LogP contribution in [0.2, 0.25) is 0 Å². The molecule has 12 heteroatoms. The number of nitrogens with zero attached hydrogens (tertiary/aromatic N) is 6. The van der Waals surface area contributed by atoms with E-state index in [0.29, 0.717) is 11.1 Å². The summed E-state index contributed by atoms with van der Waals surface area (Å²) in [6.45, 7) is 5.56. The van der Waals surface area contributed by atoms with Crippen LogP contribution in [0.1, 0.15) is 32.8 Å². The van der Waals surface area contributed by atoms with Crippen molar-refractivity contribution in [1.29, 1.82) is 0 Å². The molecule has 1 N–H and O–H groups in total. The van der Waals surface area contributed by atoms with Crippen LogP contribution in [0, 0.1) is 0 Å². The number of anilines is 2. The van der Waals surface area contributed by atoms with Gasteiger partial charge in [0.2, 0.25) is 11.6 Å². The molecule has 0 spiro atoms. The molecule has 0 amide bonds. The molecular formula is C20H25F2N7O2S. The molecule has 3 aromatic rings. The van der Waals surface area contributed by atoms with E-state index in [-0.39, 0.29) is 47.4 Å². The summed E-state index contributed by atoms with van der Waals surface area (Å²) in [7, 11) is -3.44. The maximum absolute atomic E-state index is 13.9. The first-order valence-corrected chi connectivity index (χ1v) is 12.0. The van der Waals surface area contributed by atoms with Gasteiger partial charge in [-0.3, -0.25) is 0 Å². The summed E-state index contributed by atoms with van der Waals surface area (Å²) in [4.78, 5) is 11.9. The quantitative estimate of drug-likeness (QED) is 0.613. The van der Waals surface area contributed by atoms with Gasteiger partial charge in [0.15, 0.2) is 21.2 Å². The van der Waals surface area contributed by atoms with Gasteiger partial charge in [-0.15, -0.1) is 10.2 Å². The number of benzene rings is 1. The fourth-order valence-corrected chi connectivity index (χ4v) is 4.52. The van der Waals surface area contributed by atoms with Gasteiger partial charge in [-0.2, -0.15) is 14.8 Å². The SMILES string of the molecule is CC(C)(C)Nc1nc(N2CCC(F)(F)C2)c2nn(Cc3ccccc3S(C)(=O)=O)nc2n1. The Morgan fingerprint density at radius 3 is 2.50 bits per heavy atom. The van der Waals surface area contributed by atoms with Gasteiger partial charge in [-0.25, -0.2) is 17.2 Å². The summed E-state index contributed by atoms with van der Waals surface area (Å²) in [5.74, 6) is -2.26. The Balaban J connectivity index is 1.78. The summed E-state index contributed by atoms with van der Waals surface area (Å²) in [5.41, 5.74) is 0.697. The van der Waals surface area contributed by atoms with Crippen LogP contribution in [0.25, 0.3) is 11.2 Å². The van der Waals surface area contributed by atoms with Gasteiger partial charge in [0.1, 0.15) is 0 Å². The maximum atomic E-state index is 13.9. The largest absolute Gasteiger partial charge is 0.350 e. The van der Waals surface area contributed by atoms with Gasteiger partial charge >= 0.3 is 0 Å². The summed E-state index contributed by atoms with van der Waals surface area (Å²) in [6.07, 6.45) is 0.872. The molecule has 0 saturated carbocycles. The molecule has 0 atom stereocenters. The third-order valence-corrected chi connectivity index (χ3v) is 6.11. The molecule has 0 bridgehead atoms. The lowest BCUT2D eigenvalue weighted by atomic mass is 10.1. The van der Waals surface area contributed by atoms with Crippen molar-refractivity contribution in [3.63, 3.8) is 0 Å². The van der Waals surface area contributed by atoms with Crippen LogP contribution in [-0.4, -0.2) is 64.2 Å². The third kappa shape index (κ3) is 4.79. The lowest BCUT2D eigenvalue weighted by molar-refractivity contribution is 0.0257. The minimum Gasteiger partial charge on any atom is -0.350 e. The van der Waals surface area contributed by atoms with E-state index in [1.165, 1.54) is 15.8 Å². The molecule has 32 heavy (non-hydrogen) atoms. The topological polar surface area (TPSA) is 106 Å². The zero-order valence-electron chi connectivity index (χ0n) is 18.3. The van der Waals surface area contributed by atoms with Gasteiger partial charge in [0.05, 0.1) is 18.0 Å². The molecule has 9 nitrogen and oxygen atoms in total. The molecule has 1 fully saturated rings. The Hall–Kier alpha value is -2.89. The second kappa shape index (κ2) is 7.61. The molecule has 1 aliphatic rings. The zero-order chi connectivity index (χ0) is 23.3. The van der Waals surface area contributed by atoms with Gasteiger partial charge in [-0.1, -0.05) is 18.2 Å². The number of halogens is 2. The van der Waals surface area contributed by atoms with E-state index in [4.69, 9.17) is 0 Å². The molecule has 0 radical (unpaired) electrons. The average Bonchev–Trinajstić information content (AvgIpc) is 3.21. The third-order valence-electron chi connectivity index (χ3n) is 4.91. The number of rotatable bonds is 5. The summed E-state index contributed by atoms with van der Waals surface area (Å²) in [6, 6.07) is 6.59. The first-order valence-electron chi connectivity index (χ1n) is 10.1. The molecule has 3 heterocycles. The zero-order valence-corrected chi connectivity index (χ0v) is 19.1. The highest BCUT2D eigenvalue weighted by atomic mass is 32.2. The summed E-state index contributed by atoms with van der Waals surface area (Å²) >= 11 is 0. The molecule has 1 saturated heterocycles. The molecule has 0 aliphatic carbocycles. The van der Waals surface area contributed by atoms with Gasteiger partial charge in [-0.05, 0) is 32.4 Å². The van der Waals surface area contributed by atoms with Crippen LogP contribution >= 0.6 is 0 Å². The Morgan fingerprint density at radius 2 is 1.88 bits per heavy atom. The van der Waals surface area contributed by atoms with E-state index in [1.807, 2.05) is 20.8 Å². The van der Waals surface area contributed by atoms with E-state index >= 15 is 0 Å². The number of alkyl halides is 2. The molecule has 2 aromatic heterocycles. The minimum absolute atomic E-state index is 0.0806. The van der Waals surface area contributed by atoms with Gasteiger partial charge in [0, 0.05) is 24.8 Å². The van der Waals surface area contributed by atoms with E-state index in [2.05, 4.69) is 25.5 Å². The van der Waals surface area contributed by atoms with Crippen molar-refractivity contribution in [1.82, 2.24) is 25.0 Å². The van der Waals surface area contributed by atoms with E-state index in [9.17, 15) is 17.2 Å². The molecule has 0 unspecified atom stereocenters. The van der Waals surface area contributed by atoms with Crippen LogP contribution in [0.4, 0.5) is 20.5 Å². The highest BCUT2D eigenvalue weighted by molar-refractivity contribution is 7.90. The van der Waals surface area contributed by atoms with Crippen molar-refractivity contribution in [3.05, 3.63) is 29.8 Å². The Morgan fingerprint density at radius 1 is 1.16 bits per heavy atom. The fourth-order valence-electron chi connectivity index (χ4n) is 3.59. The van der Waals surface area contributed by atoms with Crippen LogP contribution in [0.15, 0.2) is 29.2 Å². The van der Waals surface area contributed by atoms with Crippen molar-refractivity contribution in [2.24, 2.45) is 0 Å². The molecule has 1 aliphatic heterocycles. The van der Waals surface area contributed by atoms with Crippen molar-refractivity contribution >= 4 is 32.8 Å². The Bertz CT molecular complexity index is 1270. The van der Waals surface area contributed by atoms with Crippen molar-refractivity contribution < 1.29 is 17.2 Å². The fraction of sp³-hybridized carbons (Fsp3) is 0.500. The molecule has 1 aromatic carbocycles. The van der Waals surface area contributed by atoms with E-state index in [0.717, 1.165) is 6.26 Å². The first-order chi connectivity index (χ1) is 14.8. The van der Waals surface area contributed by atoms with Crippen molar-refractivity contribution in [3.8, 4) is 0 Å². The first kappa shape index (κ1) is 22.3. The second-order valence-electron chi connectivity index (χ2n) is 9.06. The van der Waals surface area contributed by atoms with Crippen LogP contribution < -0.4 is 10.2 Å². The number of hydrogen-bond acceptors (Lipinski definition) is 8. The van der Waals surface area contributed by atoms with Crippen molar-refractivity contribution in [2.75, 3.05) is 29.6 Å². The molecule has 172 valence electrons. The lowest BCUT2D eigenvalue weighted by Gasteiger charge is -2.22. The smallest absolute Gasteiger partial charge is 0.266 e.